The summed E-state index contributed by atoms with van der Waals surface area (Å²) in [5.41, 5.74) is 5.54. The van der Waals surface area contributed by atoms with E-state index in [0.29, 0.717) is 37.6 Å². The van der Waals surface area contributed by atoms with Gasteiger partial charge >= 0.3 is 6.09 Å². The van der Waals surface area contributed by atoms with Crippen LogP contribution in [0.2, 0.25) is 0 Å². The minimum atomic E-state index is -0.465. The van der Waals surface area contributed by atoms with Gasteiger partial charge in [0.2, 0.25) is 0 Å². The lowest BCUT2D eigenvalue weighted by Gasteiger charge is -2.26. The van der Waals surface area contributed by atoms with Crippen LogP contribution in [-0.4, -0.2) is 49.7 Å². The van der Waals surface area contributed by atoms with E-state index >= 15 is 0 Å². The van der Waals surface area contributed by atoms with Gasteiger partial charge in [0.05, 0.1) is 30.1 Å². The fourth-order valence-electron chi connectivity index (χ4n) is 4.45. The lowest BCUT2D eigenvalue weighted by molar-refractivity contribution is 0.0778. The van der Waals surface area contributed by atoms with Gasteiger partial charge in [-0.3, -0.25) is 10.00 Å². The molecule has 4 heterocycles. The number of rotatable bonds is 7. The van der Waals surface area contributed by atoms with Gasteiger partial charge in [-0.05, 0) is 30.2 Å². The van der Waals surface area contributed by atoms with Crippen LogP contribution in [0, 0.1) is 0 Å². The third-order valence-electron chi connectivity index (χ3n) is 6.37. The highest BCUT2D eigenvalue weighted by atomic mass is 16.6. The quantitative estimate of drug-likeness (QED) is 0.322. The maximum absolute atomic E-state index is 12.3. The number of benzene rings is 2. The second-order valence-electron chi connectivity index (χ2n) is 8.77. The summed E-state index contributed by atoms with van der Waals surface area (Å²) in [5, 5.41) is 19.4. The van der Waals surface area contributed by atoms with Crippen molar-refractivity contribution >= 4 is 39.7 Å². The second-order valence-corrected chi connectivity index (χ2v) is 8.77. The summed E-state index contributed by atoms with van der Waals surface area (Å²) in [4.78, 5) is 16.8. The van der Waals surface area contributed by atoms with Gasteiger partial charge in [-0.25, -0.2) is 14.3 Å². The molecule has 1 fully saturated rings. The Labute approximate surface area is 207 Å². The lowest BCUT2D eigenvalue weighted by atomic mass is 10.2. The molecule has 3 N–H and O–H groups in total. The highest BCUT2D eigenvalue weighted by molar-refractivity contribution is 5.91. The molecule has 10 nitrogen and oxygen atoms in total. The normalized spacial score (nSPS) is 13.6. The second kappa shape index (κ2) is 9.31. The Kier molecular flexibility index (Phi) is 5.70. The number of anilines is 3. The van der Waals surface area contributed by atoms with Crippen LogP contribution >= 0.6 is 0 Å². The molecule has 10 heteroatoms. The number of hydrogen-bond donors (Lipinski definition) is 3. The number of hydrogen-bond acceptors (Lipinski definition) is 7. The van der Waals surface area contributed by atoms with Crippen molar-refractivity contribution in [3.63, 3.8) is 0 Å². The highest BCUT2D eigenvalue weighted by Crippen LogP contribution is 2.30. The van der Waals surface area contributed by atoms with Gasteiger partial charge in [0.25, 0.3) is 0 Å². The summed E-state index contributed by atoms with van der Waals surface area (Å²) in [6.45, 7) is 4.11. The SMILES string of the molecule is CCc1c(NC(=O)OC2CNC2)cn2ncnc(Nc3ccc4c(cnn4Cc4ccccc4)c3)c12. The predicted octanol–water partition coefficient (Wildman–Crippen LogP) is 3.95. The number of ether oxygens (including phenoxy) is 1. The zero-order chi connectivity index (χ0) is 24.5. The summed E-state index contributed by atoms with van der Waals surface area (Å²) in [6, 6.07) is 16.4. The van der Waals surface area contributed by atoms with E-state index in [1.807, 2.05) is 42.1 Å². The molecule has 5 aromatic rings. The maximum Gasteiger partial charge on any atom is 0.412 e. The first-order valence-electron chi connectivity index (χ1n) is 12.0. The van der Waals surface area contributed by atoms with E-state index in [1.54, 1.807) is 10.7 Å². The number of amides is 1. The van der Waals surface area contributed by atoms with Gasteiger partial charge in [-0.1, -0.05) is 37.3 Å². The first kappa shape index (κ1) is 22.1. The van der Waals surface area contributed by atoms with E-state index in [-0.39, 0.29) is 6.10 Å². The lowest BCUT2D eigenvalue weighted by Crippen LogP contribution is -2.49. The molecule has 6 rings (SSSR count). The first-order chi connectivity index (χ1) is 17.7. The molecule has 0 radical (unpaired) electrons. The molecule has 0 atom stereocenters. The number of aromatic nitrogens is 5. The molecular formula is C26H26N8O2. The Bertz CT molecular complexity index is 1540. The number of fused-ring (bicyclic) bond motifs is 2. The van der Waals surface area contributed by atoms with E-state index < -0.39 is 6.09 Å². The summed E-state index contributed by atoms with van der Waals surface area (Å²) in [6.07, 6.45) is 5.29. The van der Waals surface area contributed by atoms with Crippen LogP contribution in [0.4, 0.5) is 22.0 Å². The van der Waals surface area contributed by atoms with Gasteiger partial charge in [0.1, 0.15) is 17.9 Å². The molecule has 1 saturated heterocycles. The van der Waals surface area contributed by atoms with Crippen molar-refractivity contribution in [2.24, 2.45) is 0 Å². The molecule has 2 aromatic carbocycles. The Hall–Kier alpha value is -4.44. The Morgan fingerprint density at radius 1 is 1.17 bits per heavy atom. The molecule has 3 aromatic heterocycles. The topological polar surface area (TPSA) is 110 Å². The van der Waals surface area contributed by atoms with Crippen molar-refractivity contribution < 1.29 is 9.53 Å². The average molecular weight is 483 g/mol. The molecule has 1 aliphatic rings. The smallest absolute Gasteiger partial charge is 0.412 e. The molecule has 0 aliphatic carbocycles. The standard InChI is InChI=1S/C26H26N8O2/c1-2-21-22(32-26(35)36-20-12-27-13-20)15-34-24(21)25(28-16-30-34)31-19-8-9-23-18(10-19)11-29-33(23)14-17-6-4-3-5-7-17/h3-11,15-16,20,27H,2,12-14H2,1H3,(H,32,35)(H,28,30,31). The molecule has 0 unspecified atom stereocenters. The summed E-state index contributed by atoms with van der Waals surface area (Å²) in [7, 11) is 0. The minimum Gasteiger partial charge on any atom is -0.443 e. The average Bonchev–Trinajstić information content (AvgIpc) is 3.43. The van der Waals surface area contributed by atoms with Crippen molar-refractivity contribution in [3.05, 3.63) is 78.4 Å². The maximum atomic E-state index is 12.3. The van der Waals surface area contributed by atoms with Crippen molar-refractivity contribution in [3.8, 4) is 0 Å². The van der Waals surface area contributed by atoms with E-state index in [2.05, 4.69) is 55.4 Å². The van der Waals surface area contributed by atoms with Crippen LogP contribution in [0.15, 0.2) is 67.3 Å². The van der Waals surface area contributed by atoms with Crippen LogP contribution in [0.5, 0.6) is 0 Å². The predicted molar refractivity (Wildman–Crippen MR) is 138 cm³/mol. The summed E-state index contributed by atoms with van der Waals surface area (Å²) < 4.78 is 9.13. The number of aryl methyl sites for hydroxylation is 1. The first-order valence-corrected chi connectivity index (χ1v) is 12.0. The Balaban J connectivity index is 1.26. The van der Waals surface area contributed by atoms with Gasteiger partial charge in [-0.2, -0.15) is 10.2 Å². The van der Waals surface area contributed by atoms with E-state index in [1.165, 1.54) is 11.9 Å². The molecule has 1 amide bonds. The molecule has 0 saturated carbocycles. The van der Waals surface area contributed by atoms with Crippen molar-refractivity contribution in [2.75, 3.05) is 23.7 Å². The van der Waals surface area contributed by atoms with Crippen LogP contribution in [0.25, 0.3) is 16.4 Å². The van der Waals surface area contributed by atoms with Crippen LogP contribution in [0.3, 0.4) is 0 Å². The molecule has 1 aliphatic heterocycles. The van der Waals surface area contributed by atoms with E-state index in [9.17, 15) is 4.79 Å². The monoisotopic (exact) mass is 482 g/mol. The fourth-order valence-corrected chi connectivity index (χ4v) is 4.45. The van der Waals surface area contributed by atoms with E-state index in [4.69, 9.17) is 4.74 Å². The molecular weight excluding hydrogens is 456 g/mol. The van der Waals surface area contributed by atoms with Crippen LogP contribution in [0.1, 0.15) is 18.1 Å². The summed E-state index contributed by atoms with van der Waals surface area (Å²) in [5.74, 6) is 0.655. The van der Waals surface area contributed by atoms with Gasteiger partial charge in [0.15, 0.2) is 5.82 Å². The van der Waals surface area contributed by atoms with Crippen LogP contribution < -0.4 is 16.0 Å². The van der Waals surface area contributed by atoms with E-state index in [0.717, 1.165) is 27.7 Å². The van der Waals surface area contributed by atoms with Gasteiger partial charge < -0.3 is 15.4 Å². The number of carbonyl (C=O) groups excluding carboxylic acids is 1. The highest BCUT2D eigenvalue weighted by Gasteiger charge is 2.23. The molecule has 182 valence electrons. The van der Waals surface area contributed by atoms with Crippen molar-refractivity contribution in [1.29, 1.82) is 0 Å². The molecule has 0 bridgehead atoms. The molecule has 36 heavy (non-hydrogen) atoms. The number of carbonyl (C=O) groups is 1. The number of nitrogens with one attached hydrogen (secondary N) is 3. The van der Waals surface area contributed by atoms with Crippen molar-refractivity contribution in [2.45, 2.75) is 26.0 Å². The molecule has 0 spiro atoms. The third kappa shape index (κ3) is 4.22. The fraction of sp³-hybridized carbons (Fsp3) is 0.231. The Morgan fingerprint density at radius 2 is 2.03 bits per heavy atom. The summed E-state index contributed by atoms with van der Waals surface area (Å²) >= 11 is 0. The number of nitrogens with zero attached hydrogens (tertiary/aromatic N) is 5. The van der Waals surface area contributed by atoms with Gasteiger partial charge in [-0.15, -0.1) is 0 Å². The zero-order valence-electron chi connectivity index (χ0n) is 19.8. The van der Waals surface area contributed by atoms with Crippen LogP contribution in [-0.2, 0) is 17.7 Å². The third-order valence-corrected chi connectivity index (χ3v) is 6.37. The van der Waals surface area contributed by atoms with Crippen molar-refractivity contribution in [1.82, 2.24) is 29.7 Å². The minimum absolute atomic E-state index is 0.0870. The Morgan fingerprint density at radius 3 is 2.81 bits per heavy atom. The zero-order valence-corrected chi connectivity index (χ0v) is 19.8. The largest absolute Gasteiger partial charge is 0.443 e. The van der Waals surface area contributed by atoms with Gasteiger partial charge in [0, 0.05) is 29.7 Å².